The number of carbonyl (C=O) groups excluding carboxylic acids is 1. The van der Waals surface area contributed by atoms with Crippen LogP contribution in [0.4, 0.5) is 0 Å². The molecule has 0 spiro atoms. The molecule has 1 amide bonds. The Bertz CT molecular complexity index is 217. The lowest BCUT2D eigenvalue weighted by molar-refractivity contribution is -0.134. The third-order valence-corrected chi connectivity index (χ3v) is 3.51. The van der Waals surface area contributed by atoms with Gasteiger partial charge in [0.2, 0.25) is 5.91 Å². The monoisotopic (exact) mass is 196 g/mol. The number of hydrogen-bond donors (Lipinski definition) is 1. The smallest absolute Gasteiger partial charge is 0.239 e. The third kappa shape index (κ3) is 2.08. The van der Waals surface area contributed by atoms with Crippen LogP contribution in [-0.4, -0.2) is 29.9 Å². The SMILES string of the molecule is CC1CCN(C(=O)[C@@H](N)C2CC2)CC1. The quantitative estimate of drug-likeness (QED) is 0.715. The van der Waals surface area contributed by atoms with Crippen LogP contribution in [0.25, 0.3) is 0 Å². The molecule has 0 radical (unpaired) electrons. The van der Waals surface area contributed by atoms with Crippen molar-refractivity contribution in [1.29, 1.82) is 0 Å². The predicted molar refractivity (Wildman–Crippen MR) is 55.7 cm³/mol. The van der Waals surface area contributed by atoms with Crippen LogP contribution in [0.5, 0.6) is 0 Å². The molecule has 1 saturated carbocycles. The Labute approximate surface area is 85.6 Å². The van der Waals surface area contributed by atoms with E-state index in [0.717, 1.165) is 44.7 Å². The Hall–Kier alpha value is -0.570. The Balaban J connectivity index is 1.84. The van der Waals surface area contributed by atoms with E-state index in [1.54, 1.807) is 0 Å². The van der Waals surface area contributed by atoms with Gasteiger partial charge in [-0.3, -0.25) is 4.79 Å². The molecule has 80 valence electrons. The summed E-state index contributed by atoms with van der Waals surface area (Å²) in [6.07, 6.45) is 4.58. The third-order valence-electron chi connectivity index (χ3n) is 3.51. The van der Waals surface area contributed by atoms with Crippen molar-refractivity contribution in [3.8, 4) is 0 Å². The number of nitrogens with zero attached hydrogens (tertiary/aromatic N) is 1. The second kappa shape index (κ2) is 3.89. The molecule has 1 aliphatic heterocycles. The Kier molecular flexibility index (Phi) is 2.77. The number of rotatable bonds is 2. The predicted octanol–water partition coefficient (Wildman–Crippen LogP) is 0.982. The number of hydrogen-bond acceptors (Lipinski definition) is 2. The highest BCUT2D eigenvalue weighted by molar-refractivity contribution is 5.82. The molecule has 1 atom stereocenters. The van der Waals surface area contributed by atoms with Crippen LogP contribution >= 0.6 is 0 Å². The van der Waals surface area contributed by atoms with E-state index in [0.29, 0.717) is 5.92 Å². The molecular formula is C11H20N2O. The topological polar surface area (TPSA) is 46.3 Å². The maximum Gasteiger partial charge on any atom is 0.239 e. The molecule has 0 aromatic heterocycles. The van der Waals surface area contributed by atoms with Crippen LogP contribution in [0.2, 0.25) is 0 Å². The summed E-state index contributed by atoms with van der Waals surface area (Å²) >= 11 is 0. The molecule has 0 aromatic carbocycles. The van der Waals surface area contributed by atoms with E-state index in [1.807, 2.05) is 4.90 Å². The molecule has 2 N–H and O–H groups in total. The van der Waals surface area contributed by atoms with Gasteiger partial charge in [-0.15, -0.1) is 0 Å². The van der Waals surface area contributed by atoms with Crippen molar-refractivity contribution in [2.24, 2.45) is 17.6 Å². The summed E-state index contributed by atoms with van der Waals surface area (Å²) in [5.41, 5.74) is 5.90. The first kappa shape index (κ1) is 9.97. The van der Waals surface area contributed by atoms with E-state index in [-0.39, 0.29) is 11.9 Å². The largest absolute Gasteiger partial charge is 0.341 e. The summed E-state index contributed by atoms with van der Waals surface area (Å²) < 4.78 is 0. The van der Waals surface area contributed by atoms with E-state index in [4.69, 9.17) is 5.73 Å². The van der Waals surface area contributed by atoms with Gasteiger partial charge in [-0.2, -0.15) is 0 Å². The van der Waals surface area contributed by atoms with E-state index in [2.05, 4.69) is 6.92 Å². The average Bonchev–Trinajstić information content (AvgIpc) is 3.00. The summed E-state index contributed by atoms with van der Waals surface area (Å²) in [6.45, 7) is 4.09. The van der Waals surface area contributed by atoms with Crippen molar-refractivity contribution in [2.45, 2.75) is 38.6 Å². The first-order valence-electron chi connectivity index (χ1n) is 5.73. The molecule has 0 bridgehead atoms. The lowest BCUT2D eigenvalue weighted by atomic mass is 9.98. The minimum absolute atomic E-state index is 0.194. The van der Waals surface area contributed by atoms with Gasteiger partial charge >= 0.3 is 0 Å². The van der Waals surface area contributed by atoms with Crippen molar-refractivity contribution < 1.29 is 4.79 Å². The Morgan fingerprint density at radius 1 is 1.29 bits per heavy atom. The van der Waals surface area contributed by atoms with Crippen molar-refractivity contribution in [3.05, 3.63) is 0 Å². The zero-order valence-corrected chi connectivity index (χ0v) is 8.91. The van der Waals surface area contributed by atoms with Crippen molar-refractivity contribution in [1.82, 2.24) is 4.90 Å². The van der Waals surface area contributed by atoms with Crippen LogP contribution in [-0.2, 0) is 4.79 Å². The number of amides is 1. The van der Waals surface area contributed by atoms with Gasteiger partial charge in [-0.25, -0.2) is 0 Å². The van der Waals surface area contributed by atoms with Gasteiger partial charge in [0, 0.05) is 13.1 Å². The number of nitrogens with two attached hydrogens (primary N) is 1. The Morgan fingerprint density at radius 3 is 2.36 bits per heavy atom. The standard InChI is InChI=1S/C11H20N2O/c1-8-4-6-13(7-5-8)11(14)10(12)9-2-3-9/h8-10H,2-7,12H2,1H3/t10-/m0/s1. The minimum atomic E-state index is -0.205. The fraction of sp³-hybridized carbons (Fsp3) is 0.909. The average molecular weight is 196 g/mol. The lowest BCUT2D eigenvalue weighted by Crippen LogP contribution is -2.47. The van der Waals surface area contributed by atoms with Crippen LogP contribution in [0.3, 0.4) is 0 Å². The fourth-order valence-corrected chi connectivity index (χ4v) is 2.10. The van der Waals surface area contributed by atoms with Gasteiger partial charge in [-0.05, 0) is 37.5 Å². The maximum absolute atomic E-state index is 11.9. The van der Waals surface area contributed by atoms with Crippen molar-refractivity contribution in [2.75, 3.05) is 13.1 Å². The molecule has 2 fully saturated rings. The summed E-state index contributed by atoms with van der Waals surface area (Å²) in [4.78, 5) is 13.8. The molecule has 1 heterocycles. The van der Waals surface area contributed by atoms with Gasteiger partial charge < -0.3 is 10.6 Å². The van der Waals surface area contributed by atoms with Crippen molar-refractivity contribution in [3.63, 3.8) is 0 Å². The fourth-order valence-electron chi connectivity index (χ4n) is 2.10. The zero-order valence-electron chi connectivity index (χ0n) is 8.91. The molecule has 0 aromatic rings. The molecule has 0 unspecified atom stereocenters. The molecule has 1 aliphatic carbocycles. The zero-order chi connectivity index (χ0) is 10.1. The van der Waals surface area contributed by atoms with Crippen LogP contribution in [0.1, 0.15) is 32.6 Å². The molecule has 3 heteroatoms. The summed E-state index contributed by atoms with van der Waals surface area (Å²) in [5, 5.41) is 0. The second-order valence-corrected chi connectivity index (χ2v) is 4.87. The molecule has 2 rings (SSSR count). The molecule has 3 nitrogen and oxygen atoms in total. The molecule has 14 heavy (non-hydrogen) atoms. The van der Waals surface area contributed by atoms with E-state index in [9.17, 15) is 4.79 Å². The molecular weight excluding hydrogens is 176 g/mol. The minimum Gasteiger partial charge on any atom is -0.341 e. The van der Waals surface area contributed by atoms with Gasteiger partial charge in [-0.1, -0.05) is 6.92 Å². The van der Waals surface area contributed by atoms with Gasteiger partial charge in [0.15, 0.2) is 0 Å². The van der Waals surface area contributed by atoms with Gasteiger partial charge in [0.1, 0.15) is 0 Å². The van der Waals surface area contributed by atoms with Crippen LogP contribution in [0, 0.1) is 11.8 Å². The van der Waals surface area contributed by atoms with Gasteiger partial charge in [0.25, 0.3) is 0 Å². The maximum atomic E-state index is 11.9. The van der Waals surface area contributed by atoms with Crippen LogP contribution < -0.4 is 5.73 Å². The molecule has 2 aliphatic rings. The number of carbonyl (C=O) groups is 1. The van der Waals surface area contributed by atoms with Crippen molar-refractivity contribution >= 4 is 5.91 Å². The summed E-state index contributed by atoms with van der Waals surface area (Å²) in [5.74, 6) is 1.46. The summed E-state index contributed by atoms with van der Waals surface area (Å²) in [6, 6.07) is -0.205. The van der Waals surface area contributed by atoms with E-state index < -0.39 is 0 Å². The Morgan fingerprint density at radius 2 is 1.86 bits per heavy atom. The second-order valence-electron chi connectivity index (χ2n) is 4.87. The lowest BCUT2D eigenvalue weighted by Gasteiger charge is -2.32. The first-order valence-corrected chi connectivity index (χ1v) is 5.73. The van der Waals surface area contributed by atoms with E-state index in [1.165, 1.54) is 0 Å². The highest BCUT2D eigenvalue weighted by Crippen LogP contribution is 2.32. The number of likely N-dealkylation sites (tertiary alicyclic amines) is 1. The normalized spacial score (nSPS) is 26.3. The molecule has 1 saturated heterocycles. The van der Waals surface area contributed by atoms with Crippen LogP contribution in [0.15, 0.2) is 0 Å². The van der Waals surface area contributed by atoms with Gasteiger partial charge in [0.05, 0.1) is 6.04 Å². The first-order chi connectivity index (χ1) is 6.68. The number of piperidine rings is 1. The van der Waals surface area contributed by atoms with E-state index >= 15 is 0 Å². The summed E-state index contributed by atoms with van der Waals surface area (Å²) in [7, 11) is 0. The highest BCUT2D eigenvalue weighted by Gasteiger charge is 2.36. The highest BCUT2D eigenvalue weighted by atomic mass is 16.2.